The summed E-state index contributed by atoms with van der Waals surface area (Å²) in [5, 5.41) is 48.1. The summed E-state index contributed by atoms with van der Waals surface area (Å²) in [6, 6.07) is 33.6. The van der Waals surface area contributed by atoms with Gasteiger partial charge in [0.25, 0.3) is 11.6 Å². The topological polar surface area (TPSA) is 177 Å². The van der Waals surface area contributed by atoms with Gasteiger partial charge in [0.1, 0.15) is 30.4 Å². The fourth-order valence-corrected chi connectivity index (χ4v) is 10.4. The van der Waals surface area contributed by atoms with Crippen LogP contribution in [0.4, 0.5) is 5.69 Å². The number of carbonyl (C=O) groups is 1. The third-order valence-electron chi connectivity index (χ3n) is 13.2. The van der Waals surface area contributed by atoms with Gasteiger partial charge in [-0.1, -0.05) is 78.7 Å². The van der Waals surface area contributed by atoms with Crippen LogP contribution >= 0.6 is 0 Å². The van der Waals surface area contributed by atoms with Crippen LogP contribution in [-0.2, 0) is 16.1 Å². The highest BCUT2D eigenvalue weighted by Crippen LogP contribution is 2.62. The lowest BCUT2D eigenvalue weighted by atomic mass is 9.55. The van der Waals surface area contributed by atoms with E-state index in [1.165, 1.54) is 19.2 Å². The second-order valence-corrected chi connectivity index (χ2v) is 17.1. The van der Waals surface area contributed by atoms with Crippen LogP contribution in [0, 0.1) is 39.2 Å². The number of nitro groups is 1. The first-order valence-electron chi connectivity index (χ1n) is 22.5. The molecule has 1 aliphatic heterocycles. The van der Waals surface area contributed by atoms with Crippen LogP contribution in [0.25, 0.3) is 10.8 Å². The normalized spacial score (nSPS) is 22.2. The van der Waals surface area contributed by atoms with Crippen molar-refractivity contribution in [3.8, 4) is 23.3 Å². The zero-order valence-electron chi connectivity index (χ0n) is 37.0. The molecule has 13 heteroatoms. The van der Waals surface area contributed by atoms with E-state index >= 15 is 4.79 Å². The molecule has 3 aliphatic rings. The van der Waals surface area contributed by atoms with E-state index in [0.717, 1.165) is 53.2 Å². The van der Waals surface area contributed by atoms with Crippen molar-refractivity contribution in [2.75, 3.05) is 26.9 Å². The molecule has 0 radical (unpaired) electrons. The standard InChI is InChI=1S/C53H54N4O9/c1-3-28-64-53-49(56(52(60)37-22-20-35(33-54)21-23-37)34-39-15-10-14-36-12-4-5-18-43(36)39)32-47(55-63-2)45-29-38(13-6-8-26-58)44(19-7-9-27-59)50(51(45)53)46-31-42(24-25-48(46)66-53)65-41-17-11-16-40(30-41)57(61)62/h3-5,10-12,14-18,20-25,29-31,38,44,49-51,58-59H,1,6-9,13,19,26-28,32,34H2,2H3. The first-order valence-corrected chi connectivity index (χ1v) is 22.5. The minimum Gasteiger partial charge on any atom is -0.459 e. The van der Waals surface area contributed by atoms with Gasteiger partial charge in [-0.25, -0.2) is 0 Å². The number of rotatable bonds is 19. The Morgan fingerprint density at radius 3 is 2.45 bits per heavy atom. The number of ether oxygens (including phenoxy) is 3. The smallest absolute Gasteiger partial charge is 0.273 e. The van der Waals surface area contributed by atoms with E-state index in [4.69, 9.17) is 24.2 Å². The Bertz CT molecular complexity index is 2670. The number of hydrogen-bond acceptors (Lipinski definition) is 11. The maximum atomic E-state index is 15.5. The Kier molecular flexibility index (Phi) is 14.2. The Morgan fingerprint density at radius 2 is 1.71 bits per heavy atom. The van der Waals surface area contributed by atoms with Gasteiger partial charge in [0, 0.05) is 49.3 Å². The van der Waals surface area contributed by atoms with Crippen LogP contribution in [0.15, 0.2) is 139 Å². The molecule has 2 N–H and O–H groups in total. The number of fused-ring (bicyclic) bond motifs is 3. The minimum absolute atomic E-state index is 0.00145. The third kappa shape index (κ3) is 9.17. The molecule has 66 heavy (non-hydrogen) atoms. The van der Waals surface area contributed by atoms with E-state index in [-0.39, 0.29) is 62.1 Å². The quantitative estimate of drug-likeness (QED) is 0.0351. The zero-order chi connectivity index (χ0) is 46.2. The van der Waals surface area contributed by atoms with Crippen molar-refractivity contribution in [1.29, 1.82) is 5.26 Å². The number of aliphatic hydroxyl groups excluding tert-OH is 2. The summed E-state index contributed by atoms with van der Waals surface area (Å²) in [6.45, 7) is 4.40. The summed E-state index contributed by atoms with van der Waals surface area (Å²) >= 11 is 0. The molecule has 8 rings (SSSR count). The number of unbranched alkanes of at least 4 members (excludes halogenated alkanes) is 2. The van der Waals surface area contributed by atoms with Crippen LogP contribution in [0.1, 0.15) is 77.9 Å². The first-order chi connectivity index (χ1) is 32.2. The van der Waals surface area contributed by atoms with Crippen LogP contribution in [0.3, 0.4) is 0 Å². The number of carbonyl (C=O) groups excluding carboxylic acids is 1. The minimum atomic E-state index is -1.54. The molecular weight excluding hydrogens is 837 g/mol. The third-order valence-corrected chi connectivity index (χ3v) is 13.2. The van der Waals surface area contributed by atoms with Crippen molar-refractivity contribution in [3.63, 3.8) is 0 Å². The molecule has 1 amide bonds. The molecule has 13 nitrogen and oxygen atoms in total. The van der Waals surface area contributed by atoms with Crippen molar-refractivity contribution in [1.82, 2.24) is 4.90 Å². The summed E-state index contributed by atoms with van der Waals surface area (Å²) in [4.78, 5) is 34.2. The van der Waals surface area contributed by atoms with Crippen LogP contribution < -0.4 is 9.47 Å². The van der Waals surface area contributed by atoms with Gasteiger partial charge in [0.05, 0.1) is 40.9 Å². The highest BCUT2D eigenvalue weighted by molar-refractivity contribution is 6.03. The molecule has 5 aromatic rings. The maximum Gasteiger partial charge on any atom is 0.273 e. The Balaban J connectivity index is 1.36. The lowest BCUT2D eigenvalue weighted by Gasteiger charge is -2.60. The number of aliphatic hydroxyl groups is 2. The molecule has 5 aromatic carbocycles. The van der Waals surface area contributed by atoms with Crippen LogP contribution in [0.5, 0.6) is 17.2 Å². The molecular formula is C53H54N4O9. The monoisotopic (exact) mass is 890 g/mol. The number of amides is 1. The van der Waals surface area contributed by atoms with E-state index in [1.54, 1.807) is 48.5 Å². The molecule has 340 valence electrons. The van der Waals surface area contributed by atoms with Crippen molar-refractivity contribution in [2.24, 2.45) is 22.9 Å². The second kappa shape index (κ2) is 20.5. The molecule has 1 fully saturated rings. The number of nitriles is 1. The van der Waals surface area contributed by atoms with E-state index in [9.17, 15) is 25.6 Å². The van der Waals surface area contributed by atoms with Gasteiger partial charge in [0.15, 0.2) is 0 Å². The molecule has 0 bridgehead atoms. The molecule has 6 unspecified atom stereocenters. The van der Waals surface area contributed by atoms with E-state index in [0.29, 0.717) is 46.9 Å². The lowest BCUT2D eigenvalue weighted by molar-refractivity contribution is -0.384. The zero-order valence-corrected chi connectivity index (χ0v) is 37.0. The Hall–Kier alpha value is -6.85. The number of allylic oxidation sites excluding steroid dienone is 1. The average molecular weight is 891 g/mol. The average Bonchev–Trinajstić information content (AvgIpc) is 3.34. The van der Waals surface area contributed by atoms with Crippen molar-refractivity contribution < 1.29 is 39.0 Å². The maximum absolute atomic E-state index is 15.5. The number of oxime groups is 1. The molecule has 0 spiro atoms. The van der Waals surface area contributed by atoms with Crippen molar-refractivity contribution in [3.05, 3.63) is 166 Å². The summed E-state index contributed by atoms with van der Waals surface area (Å²) in [7, 11) is 1.51. The summed E-state index contributed by atoms with van der Waals surface area (Å²) < 4.78 is 21.0. The van der Waals surface area contributed by atoms with Crippen molar-refractivity contribution >= 4 is 28.1 Å². The van der Waals surface area contributed by atoms with Crippen LogP contribution in [0.2, 0.25) is 0 Å². The highest BCUT2D eigenvalue weighted by Gasteiger charge is 2.65. The fourth-order valence-electron chi connectivity index (χ4n) is 10.4. The van der Waals surface area contributed by atoms with Crippen molar-refractivity contribution in [2.45, 2.75) is 69.2 Å². The van der Waals surface area contributed by atoms with Gasteiger partial charge < -0.3 is 34.2 Å². The lowest BCUT2D eigenvalue weighted by Crippen LogP contribution is -2.70. The number of nitro benzene ring substituents is 1. The van der Waals surface area contributed by atoms with Gasteiger partial charge in [0.2, 0.25) is 5.79 Å². The SMILES string of the molecule is C=CCOC12Oc3ccc(Oc4cccc([N+](=O)[O-])c4)cc3C3C(CCCCO)C(CCCCO)C=C(C(=NOC)CC1N(Cc1cccc4ccccc14)C(=O)c1ccc(C#N)cc1)C32. The predicted molar refractivity (Wildman–Crippen MR) is 250 cm³/mol. The fraction of sp³-hybridized carbons (Fsp3) is 0.340. The summed E-state index contributed by atoms with van der Waals surface area (Å²) in [5.74, 6) is -1.52. The number of non-ortho nitro benzene ring substituents is 1. The molecule has 0 saturated heterocycles. The van der Waals surface area contributed by atoms with Gasteiger partial charge in [-0.05, 0) is 108 Å². The summed E-state index contributed by atoms with van der Waals surface area (Å²) in [5.41, 5.74) is 3.96. The van der Waals surface area contributed by atoms with E-state index in [1.807, 2.05) is 59.5 Å². The van der Waals surface area contributed by atoms with E-state index < -0.39 is 22.7 Å². The largest absolute Gasteiger partial charge is 0.459 e. The van der Waals surface area contributed by atoms with Gasteiger partial charge in [-0.15, -0.1) is 6.58 Å². The first kappa shape index (κ1) is 45.7. The molecule has 1 saturated carbocycles. The van der Waals surface area contributed by atoms with E-state index in [2.05, 4.69) is 18.7 Å². The second-order valence-electron chi connectivity index (χ2n) is 17.1. The predicted octanol–water partition coefficient (Wildman–Crippen LogP) is 10.0. The molecule has 2 aliphatic carbocycles. The molecule has 0 aromatic heterocycles. The van der Waals surface area contributed by atoms with Gasteiger partial charge in [-0.2, -0.15) is 5.26 Å². The van der Waals surface area contributed by atoms with Gasteiger partial charge in [-0.3, -0.25) is 14.9 Å². The summed E-state index contributed by atoms with van der Waals surface area (Å²) in [6.07, 6.45) is 8.37. The molecule has 1 heterocycles. The van der Waals surface area contributed by atoms with Crippen LogP contribution in [-0.4, -0.2) is 70.4 Å². The highest BCUT2D eigenvalue weighted by atomic mass is 16.7. The number of hydrogen-bond donors (Lipinski definition) is 2. The number of benzene rings is 5. The Morgan fingerprint density at radius 1 is 0.970 bits per heavy atom. The Labute approximate surface area is 384 Å². The van der Waals surface area contributed by atoms with Gasteiger partial charge >= 0.3 is 0 Å². The molecule has 6 atom stereocenters. The number of nitrogens with zero attached hydrogens (tertiary/aromatic N) is 4.